The lowest BCUT2D eigenvalue weighted by Gasteiger charge is -2.21. The van der Waals surface area contributed by atoms with Gasteiger partial charge in [0, 0.05) is 18.3 Å². The SMILES string of the molecule is NCc1cc(F)cc(-c2cnn(C3CCCCC3)c2)c1. The second-order valence-electron chi connectivity index (χ2n) is 5.55. The average molecular weight is 273 g/mol. The van der Waals surface area contributed by atoms with Gasteiger partial charge >= 0.3 is 0 Å². The van der Waals surface area contributed by atoms with Crippen LogP contribution < -0.4 is 5.73 Å². The standard InChI is InChI=1S/C16H20FN3/c17-15-7-12(9-18)6-13(8-15)14-10-19-20(11-14)16-4-2-1-3-5-16/h6-8,10-11,16H,1-5,9,18H2. The first-order valence-corrected chi connectivity index (χ1v) is 7.30. The van der Waals surface area contributed by atoms with Crippen molar-refractivity contribution in [3.05, 3.63) is 42.0 Å². The van der Waals surface area contributed by atoms with E-state index in [9.17, 15) is 4.39 Å². The van der Waals surface area contributed by atoms with E-state index in [-0.39, 0.29) is 5.82 Å². The minimum Gasteiger partial charge on any atom is -0.326 e. The Labute approximate surface area is 118 Å². The maximum atomic E-state index is 13.6. The Balaban J connectivity index is 1.87. The van der Waals surface area contributed by atoms with Gasteiger partial charge in [0.15, 0.2) is 0 Å². The van der Waals surface area contributed by atoms with Crippen molar-refractivity contribution >= 4 is 0 Å². The first-order valence-electron chi connectivity index (χ1n) is 7.30. The van der Waals surface area contributed by atoms with Crippen LogP contribution >= 0.6 is 0 Å². The highest BCUT2D eigenvalue weighted by Crippen LogP contribution is 2.29. The van der Waals surface area contributed by atoms with E-state index in [1.165, 1.54) is 38.2 Å². The van der Waals surface area contributed by atoms with E-state index in [2.05, 4.69) is 5.10 Å². The molecule has 1 fully saturated rings. The van der Waals surface area contributed by atoms with Gasteiger partial charge in [-0.15, -0.1) is 0 Å². The monoisotopic (exact) mass is 273 g/mol. The highest BCUT2D eigenvalue weighted by Gasteiger charge is 2.16. The quantitative estimate of drug-likeness (QED) is 0.927. The fourth-order valence-corrected chi connectivity index (χ4v) is 2.97. The molecule has 0 radical (unpaired) electrons. The van der Waals surface area contributed by atoms with E-state index in [0.717, 1.165) is 16.7 Å². The van der Waals surface area contributed by atoms with Crippen LogP contribution in [-0.2, 0) is 6.54 Å². The fourth-order valence-electron chi connectivity index (χ4n) is 2.97. The summed E-state index contributed by atoms with van der Waals surface area (Å²) in [6.45, 7) is 0.349. The van der Waals surface area contributed by atoms with Crippen LogP contribution in [0.15, 0.2) is 30.6 Å². The van der Waals surface area contributed by atoms with Gasteiger partial charge in [0.1, 0.15) is 5.82 Å². The third-order valence-electron chi connectivity index (χ3n) is 4.08. The van der Waals surface area contributed by atoms with Gasteiger partial charge < -0.3 is 5.73 Å². The Morgan fingerprint density at radius 2 is 1.95 bits per heavy atom. The van der Waals surface area contributed by atoms with Gasteiger partial charge in [-0.3, -0.25) is 4.68 Å². The molecule has 0 amide bonds. The molecule has 106 valence electrons. The fraction of sp³-hybridized carbons (Fsp3) is 0.438. The van der Waals surface area contributed by atoms with E-state index < -0.39 is 0 Å². The Kier molecular flexibility index (Phi) is 3.83. The van der Waals surface area contributed by atoms with E-state index in [1.807, 2.05) is 23.1 Å². The topological polar surface area (TPSA) is 43.8 Å². The average Bonchev–Trinajstić information content (AvgIpc) is 2.97. The molecule has 3 rings (SSSR count). The molecule has 1 saturated carbocycles. The molecule has 1 aromatic heterocycles. The maximum absolute atomic E-state index is 13.6. The summed E-state index contributed by atoms with van der Waals surface area (Å²) in [6.07, 6.45) is 10.1. The first kappa shape index (κ1) is 13.3. The van der Waals surface area contributed by atoms with Crippen molar-refractivity contribution < 1.29 is 4.39 Å². The third-order valence-corrected chi connectivity index (χ3v) is 4.08. The molecule has 1 heterocycles. The molecule has 0 spiro atoms. The van der Waals surface area contributed by atoms with E-state index in [1.54, 1.807) is 6.07 Å². The van der Waals surface area contributed by atoms with Crippen LogP contribution in [0.25, 0.3) is 11.1 Å². The summed E-state index contributed by atoms with van der Waals surface area (Å²) in [5.41, 5.74) is 8.23. The maximum Gasteiger partial charge on any atom is 0.124 e. The molecule has 4 heteroatoms. The van der Waals surface area contributed by atoms with Crippen LogP contribution in [0.4, 0.5) is 4.39 Å². The van der Waals surface area contributed by atoms with Crippen molar-refractivity contribution in [1.82, 2.24) is 9.78 Å². The normalized spacial score (nSPS) is 16.5. The van der Waals surface area contributed by atoms with Gasteiger partial charge in [-0.25, -0.2) is 4.39 Å². The third kappa shape index (κ3) is 2.75. The van der Waals surface area contributed by atoms with Gasteiger partial charge in [0.05, 0.1) is 12.2 Å². The zero-order chi connectivity index (χ0) is 13.9. The van der Waals surface area contributed by atoms with Crippen LogP contribution in [0.1, 0.15) is 43.7 Å². The lowest BCUT2D eigenvalue weighted by molar-refractivity contribution is 0.329. The lowest BCUT2D eigenvalue weighted by Crippen LogP contribution is -2.12. The second kappa shape index (κ2) is 5.75. The predicted octanol–water partition coefficient (Wildman–Crippen LogP) is 3.65. The summed E-state index contributed by atoms with van der Waals surface area (Å²) in [7, 11) is 0. The number of hydrogen-bond donors (Lipinski definition) is 1. The summed E-state index contributed by atoms with van der Waals surface area (Å²) >= 11 is 0. The largest absolute Gasteiger partial charge is 0.326 e. The molecule has 2 aromatic rings. The van der Waals surface area contributed by atoms with Crippen LogP contribution in [0.2, 0.25) is 0 Å². The van der Waals surface area contributed by atoms with Gasteiger partial charge in [-0.1, -0.05) is 19.3 Å². The Hall–Kier alpha value is -1.68. The van der Waals surface area contributed by atoms with Crippen LogP contribution in [-0.4, -0.2) is 9.78 Å². The lowest BCUT2D eigenvalue weighted by atomic mass is 9.96. The van der Waals surface area contributed by atoms with Crippen LogP contribution in [0, 0.1) is 5.82 Å². The molecule has 0 aliphatic heterocycles. The zero-order valence-electron chi connectivity index (χ0n) is 11.6. The Morgan fingerprint density at radius 3 is 2.70 bits per heavy atom. The Bertz CT molecular complexity index is 585. The molecule has 1 aliphatic rings. The summed E-state index contributed by atoms with van der Waals surface area (Å²) in [5.74, 6) is -0.242. The number of nitrogens with two attached hydrogens (primary N) is 1. The molecule has 3 nitrogen and oxygen atoms in total. The first-order chi connectivity index (χ1) is 9.76. The molecule has 0 bridgehead atoms. The van der Waals surface area contributed by atoms with Crippen molar-refractivity contribution in [3.8, 4) is 11.1 Å². The number of rotatable bonds is 3. The number of nitrogens with zero attached hydrogens (tertiary/aromatic N) is 2. The number of aromatic nitrogens is 2. The summed E-state index contributed by atoms with van der Waals surface area (Å²) in [6, 6.07) is 5.46. The summed E-state index contributed by atoms with van der Waals surface area (Å²) in [5, 5.41) is 4.46. The molecular weight excluding hydrogens is 253 g/mol. The van der Waals surface area contributed by atoms with Crippen molar-refractivity contribution in [2.45, 2.75) is 44.7 Å². The highest BCUT2D eigenvalue weighted by atomic mass is 19.1. The van der Waals surface area contributed by atoms with E-state index in [0.29, 0.717) is 12.6 Å². The van der Waals surface area contributed by atoms with Crippen molar-refractivity contribution in [3.63, 3.8) is 0 Å². The number of halogens is 1. The molecule has 0 unspecified atom stereocenters. The summed E-state index contributed by atoms with van der Waals surface area (Å²) < 4.78 is 15.6. The van der Waals surface area contributed by atoms with Crippen molar-refractivity contribution in [2.24, 2.45) is 5.73 Å². The minimum absolute atomic E-state index is 0.242. The number of hydrogen-bond acceptors (Lipinski definition) is 2. The van der Waals surface area contributed by atoms with Crippen LogP contribution in [0.5, 0.6) is 0 Å². The van der Waals surface area contributed by atoms with E-state index >= 15 is 0 Å². The molecule has 1 aliphatic carbocycles. The molecule has 1 aromatic carbocycles. The molecule has 20 heavy (non-hydrogen) atoms. The van der Waals surface area contributed by atoms with Crippen LogP contribution in [0.3, 0.4) is 0 Å². The Morgan fingerprint density at radius 1 is 1.15 bits per heavy atom. The molecular formula is C16H20FN3. The van der Waals surface area contributed by atoms with E-state index in [4.69, 9.17) is 5.73 Å². The molecule has 0 saturated heterocycles. The summed E-state index contributed by atoms with van der Waals surface area (Å²) in [4.78, 5) is 0. The highest BCUT2D eigenvalue weighted by molar-refractivity contribution is 5.62. The predicted molar refractivity (Wildman–Crippen MR) is 77.6 cm³/mol. The molecule has 0 atom stereocenters. The van der Waals surface area contributed by atoms with Gasteiger partial charge in [-0.2, -0.15) is 5.10 Å². The zero-order valence-corrected chi connectivity index (χ0v) is 11.6. The smallest absolute Gasteiger partial charge is 0.124 e. The molecule has 2 N–H and O–H groups in total. The second-order valence-corrected chi connectivity index (χ2v) is 5.55. The number of benzene rings is 1. The van der Waals surface area contributed by atoms with Gasteiger partial charge in [0.25, 0.3) is 0 Å². The van der Waals surface area contributed by atoms with Gasteiger partial charge in [-0.05, 0) is 42.2 Å². The van der Waals surface area contributed by atoms with Gasteiger partial charge in [0.2, 0.25) is 0 Å². The van der Waals surface area contributed by atoms with Crippen molar-refractivity contribution in [2.75, 3.05) is 0 Å². The minimum atomic E-state index is -0.242. The van der Waals surface area contributed by atoms with Crippen molar-refractivity contribution in [1.29, 1.82) is 0 Å².